The van der Waals surface area contributed by atoms with Crippen LogP contribution in [-0.4, -0.2) is 6.04 Å². The van der Waals surface area contributed by atoms with Crippen LogP contribution in [0.1, 0.15) is 13.8 Å². The van der Waals surface area contributed by atoms with Gasteiger partial charge in [0.2, 0.25) is 0 Å². The van der Waals surface area contributed by atoms with Gasteiger partial charge in [0.1, 0.15) is 17.7 Å². The second kappa shape index (κ2) is 6.19. The van der Waals surface area contributed by atoms with Crippen molar-refractivity contribution in [3.63, 3.8) is 0 Å². The van der Waals surface area contributed by atoms with Crippen LogP contribution in [0.4, 0.5) is 11.4 Å². The quantitative estimate of drug-likeness (QED) is 0.774. The van der Waals surface area contributed by atoms with Crippen molar-refractivity contribution in [1.82, 2.24) is 0 Å². The molecular weight excluding hydrogens is 212 g/mol. The Morgan fingerprint density at radius 2 is 1.76 bits per heavy atom. The molecule has 4 heteroatoms. The number of anilines is 2. The highest BCUT2D eigenvalue weighted by Crippen LogP contribution is 2.21. The molecule has 0 atom stereocenters. The molecule has 0 aliphatic rings. The highest BCUT2D eigenvalue weighted by molar-refractivity contribution is 5.70. The third-order valence-electron chi connectivity index (χ3n) is 1.98. The largest absolute Gasteiger partial charge is 0.381 e. The van der Waals surface area contributed by atoms with Crippen molar-refractivity contribution >= 4 is 11.4 Å². The van der Waals surface area contributed by atoms with E-state index in [4.69, 9.17) is 10.5 Å². The van der Waals surface area contributed by atoms with Crippen LogP contribution in [0.15, 0.2) is 36.0 Å². The molecule has 0 aliphatic carbocycles. The summed E-state index contributed by atoms with van der Waals surface area (Å²) < 4.78 is 0. The van der Waals surface area contributed by atoms with Crippen LogP contribution in [0.3, 0.4) is 0 Å². The van der Waals surface area contributed by atoms with Crippen molar-refractivity contribution in [2.24, 2.45) is 0 Å². The maximum Gasteiger partial charge on any atom is 0.145 e. The number of nitriles is 2. The topological polar surface area (TPSA) is 71.6 Å². The first-order valence-corrected chi connectivity index (χ1v) is 5.30. The number of nitrogens with one attached hydrogen (secondary N) is 2. The summed E-state index contributed by atoms with van der Waals surface area (Å²) in [6.07, 6.45) is 1.40. The fourth-order valence-corrected chi connectivity index (χ4v) is 1.29. The molecule has 0 saturated carbocycles. The van der Waals surface area contributed by atoms with Gasteiger partial charge in [0.15, 0.2) is 0 Å². The van der Waals surface area contributed by atoms with Gasteiger partial charge in [0, 0.05) is 12.2 Å². The predicted molar refractivity (Wildman–Crippen MR) is 68.1 cm³/mol. The molecule has 0 fully saturated rings. The number of hydrogen-bond donors (Lipinski definition) is 2. The van der Waals surface area contributed by atoms with Gasteiger partial charge in [-0.3, -0.25) is 0 Å². The van der Waals surface area contributed by atoms with Crippen LogP contribution < -0.4 is 10.6 Å². The Bertz CT molecular complexity index is 473. The minimum atomic E-state index is 0.0457. The molecule has 0 amide bonds. The van der Waals surface area contributed by atoms with E-state index in [1.165, 1.54) is 6.20 Å². The predicted octanol–water partition coefficient (Wildman–Crippen LogP) is 2.85. The number of hydrogen-bond acceptors (Lipinski definition) is 4. The smallest absolute Gasteiger partial charge is 0.145 e. The number of rotatable bonds is 4. The van der Waals surface area contributed by atoms with Gasteiger partial charge in [0.25, 0.3) is 0 Å². The van der Waals surface area contributed by atoms with Crippen LogP contribution in [-0.2, 0) is 0 Å². The maximum absolute atomic E-state index is 8.62. The lowest BCUT2D eigenvalue weighted by Gasteiger charge is -2.14. The number of nitrogens with zero attached hydrogens (tertiary/aromatic N) is 2. The first-order valence-electron chi connectivity index (χ1n) is 5.30. The molecule has 2 N–H and O–H groups in total. The Hall–Kier alpha value is -2.46. The molecule has 0 spiro atoms. The maximum atomic E-state index is 8.62. The van der Waals surface area contributed by atoms with Crippen LogP contribution in [0, 0.1) is 22.7 Å². The van der Waals surface area contributed by atoms with Gasteiger partial charge in [-0.05, 0) is 26.0 Å². The van der Waals surface area contributed by atoms with Gasteiger partial charge >= 0.3 is 0 Å². The van der Waals surface area contributed by atoms with Crippen LogP contribution in [0.25, 0.3) is 0 Å². The first kappa shape index (κ1) is 12.6. The lowest BCUT2D eigenvalue weighted by atomic mass is 10.2. The van der Waals surface area contributed by atoms with Gasteiger partial charge in [-0.2, -0.15) is 10.5 Å². The van der Waals surface area contributed by atoms with E-state index in [1.807, 2.05) is 38.1 Å². The van der Waals surface area contributed by atoms with Crippen molar-refractivity contribution in [2.45, 2.75) is 19.9 Å². The molecule has 0 aromatic heterocycles. The van der Waals surface area contributed by atoms with E-state index >= 15 is 0 Å². The Morgan fingerprint density at radius 1 is 1.18 bits per heavy atom. The summed E-state index contributed by atoms with van der Waals surface area (Å²) >= 11 is 0. The fraction of sp³-hybridized carbons (Fsp3) is 0.231. The summed E-state index contributed by atoms with van der Waals surface area (Å²) in [6.45, 7) is 4.09. The SMILES string of the molecule is CC(C)Nc1ccccc1NC=C(C#N)C#N. The van der Waals surface area contributed by atoms with Gasteiger partial charge in [0.05, 0.1) is 11.4 Å². The average molecular weight is 226 g/mol. The van der Waals surface area contributed by atoms with Crippen molar-refractivity contribution in [3.8, 4) is 12.1 Å². The zero-order valence-electron chi connectivity index (χ0n) is 9.86. The van der Waals surface area contributed by atoms with E-state index in [1.54, 1.807) is 12.1 Å². The molecule has 0 heterocycles. The average Bonchev–Trinajstić information content (AvgIpc) is 2.31. The minimum Gasteiger partial charge on any atom is -0.381 e. The Balaban J connectivity index is 2.89. The summed E-state index contributed by atoms with van der Waals surface area (Å²) in [5.41, 5.74) is 1.82. The fourth-order valence-electron chi connectivity index (χ4n) is 1.29. The molecule has 86 valence electrons. The summed E-state index contributed by atoms with van der Waals surface area (Å²) in [7, 11) is 0. The minimum absolute atomic E-state index is 0.0457. The van der Waals surface area contributed by atoms with E-state index < -0.39 is 0 Å². The van der Waals surface area contributed by atoms with Crippen molar-refractivity contribution in [2.75, 3.05) is 10.6 Å². The van der Waals surface area contributed by atoms with Crippen molar-refractivity contribution in [3.05, 3.63) is 36.0 Å². The summed E-state index contributed by atoms with van der Waals surface area (Å²) in [6, 6.07) is 11.5. The summed E-state index contributed by atoms with van der Waals surface area (Å²) in [4.78, 5) is 0. The standard InChI is InChI=1S/C13H14N4/c1-10(2)17-13-6-4-3-5-12(13)16-9-11(7-14)8-15/h3-6,9-10,16-17H,1-2H3. The number of para-hydroxylation sites is 2. The summed E-state index contributed by atoms with van der Waals surface area (Å²) in [5.74, 6) is 0. The molecule has 1 aromatic rings. The molecule has 0 bridgehead atoms. The molecule has 4 nitrogen and oxygen atoms in total. The van der Waals surface area contributed by atoms with Crippen LogP contribution in [0.2, 0.25) is 0 Å². The number of allylic oxidation sites excluding steroid dienone is 1. The first-order chi connectivity index (χ1) is 8.17. The normalized spacial score (nSPS) is 9.00. The molecule has 0 saturated heterocycles. The zero-order chi connectivity index (χ0) is 12.7. The molecule has 0 unspecified atom stereocenters. The molecular formula is C13H14N4. The Morgan fingerprint density at radius 3 is 2.29 bits per heavy atom. The molecule has 17 heavy (non-hydrogen) atoms. The van der Waals surface area contributed by atoms with Crippen molar-refractivity contribution < 1.29 is 0 Å². The third kappa shape index (κ3) is 3.89. The van der Waals surface area contributed by atoms with E-state index in [9.17, 15) is 0 Å². The van der Waals surface area contributed by atoms with Gasteiger partial charge < -0.3 is 10.6 Å². The monoisotopic (exact) mass is 226 g/mol. The Labute approximate surface area is 101 Å². The summed E-state index contributed by atoms with van der Waals surface area (Å²) in [5, 5.41) is 23.5. The third-order valence-corrected chi connectivity index (χ3v) is 1.98. The number of benzene rings is 1. The van der Waals surface area contributed by atoms with Gasteiger partial charge in [-0.25, -0.2) is 0 Å². The second-order valence-electron chi connectivity index (χ2n) is 3.77. The highest BCUT2D eigenvalue weighted by Gasteiger charge is 2.01. The molecule has 1 rings (SSSR count). The van der Waals surface area contributed by atoms with E-state index in [-0.39, 0.29) is 5.57 Å². The van der Waals surface area contributed by atoms with Crippen LogP contribution >= 0.6 is 0 Å². The van der Waals surface area contributed by atoms with Gasteiger partial charge in [-0.1, -0.05) is 12.1 Å². The van der Waals surface area contributed by atoms with Gasteiger partial charge in [-0.15, -0.1) is 0 Å². The van der Waals surface area contributed by atoms with E-state index in [2.05, 4.69) is 10.6 Å². The highest BCUT2D eigenvalue weighted by atomic mass is 15.0. The Kier molecular flexibility index (Phi) is 4.59. The lowest BCUT2D eigenvalue weighted by molar-refractivity contribution is 0.900. The lowest BCUT2D eigenvalue weighted by Crippen LogP contribution is -2.11. The van der Waals surface area contributed by atoms with E-state index in [0.717, 1.165) is 11.4 Å². The van der Waals surface area contributed by atoms with Crippen LogP contribution in [0.5, 0.6) is 0 Å². The zero-order valence-corrected chi connectivity index (χ0v) is 9.86. The molecule has 1 aromatic carbocycles. The second-order valence-corrected chi connectivity index (χ2v) is 3.77. The van der Waals surface area contributed by atoms with Crippen molar-refractivity contribution in [1.29, 1.82) is 10.5 Å². The molecule has 0 radical (unpaired) electrons. The molecule has 0 aliphatic heterocycles. The van der Waals surface area contributed by atoms with E-state index in [0.29, 0.717) is 6.04 Å².